The molecule has 0 radical (unpaired) electrons. The van der Waals surface area contributed by atoms with Crippen molar-refractivity contribution >= 4 is 17.2 Å². The largest absolute Gasteiger partial charge is 0.376 e. The van der Waals surface area contributed by atoms with Gasteiger partial charge in [-0.3, -0.25) is 4.79 Å². The number of rotatable bonds is 6. The molecule has 7 heteroatoms. The molecule has 1 aromatic heterocycles. The summed E-state index contributed by atoms with van der Waals surface area (Å²) in [6.45, 7) is 1.84. The van der Waals surface area contributed by atoms with Crippen molar-refractivity contribution in [3.05, 3.63) is 51.7 Å². The van der Waals surface area contributed by atoms with E-state index in [1.807, 2.05) is 6.07 Å². The summed E-state index contributed by atoms with van der Waals surface area (Å²) in [7, 11) is 0. The molecule has 2 aromatic rings. The highest BCUT2D eigenvalue weighted by molar-refractivity contribution is 7.09. The van der Waals surface area contributed by atoms with Gasteiger partial charge in [0.15, 0.2) is 0 Å². The van der Waals surface area contributed by atoms with Crippen LogP contribution in [0.3, 0.4) is 0 Å². The first-order valence-electron chi connectivity index (χ1n) is 7.95. The molecule has 0 aliphatic carbocycles. The topological polar surface area (TPSA) is 68.5 Å². The van der Waals surface area contributed by atoms with Gasteiger partial charge in [0.1, 0.15) is 16.5 Å². The summed E-state index contributed by atoms with van der Waals surface area (Å²) in [4.78, 5) is 18.8. The first-order valence-corrected chi connectivity index (χ1v) is 8.83. The molecule has 1 unspecified atom stereocenters. The monoisotopic (exact) mass is 349 g/mol. The summed E-state index contributed by atoms with van der Waals surface area (Å²) in [5.41, 5.74) is 6.70. The summed E-state index contributed by atoms with van der Waals surface area (Å²) in [6.07, 6.45) is 1.95. The lowest BCUT2D eigenvalue weighted by Crippen LogP contribution is -2.37. The Balaban J connectivity index is 1.78. The molecule has 1 aliphatic heterocycles. The third-order valence-corrected chi connectivity index (χ3v) is 4.81. The molecular formula is C17H20FN3O2S. The van der Waals surface area contributed by atoms with Crippen LogP contribution >= 0.6 is 11.3 Å². The van der Waals surface area contributed by atoms with Crippen molar-refractivity contribution in [3.8, 4) is 0 Å². The molecule has 0 spiro atoms. The summed E-state index contributed by atoms with van der Waals surface area (Å²) in [5.74, 6) is -0.484. The molecular weight excluding hydrogens is 329 g/mol. The normalized spacial score (nSPS) is 17.2. The van der Waals surface area contributed by atoms with Gasteiger partial charge in [-0.15, -0.1) is 11.3 Å². The van der Waals surface area contributed by atoms with Crippen LogP contribution in [0.4, 0.5) is 4.39 Å². The van der Waals surface area contributed by atoms with E-state index in [2.05, 4.69) is 4.98 Å². The average molecular weight is 349 g/mol. The second-order valence-electron chi connectivity index (χ2n) is 5.78. The van der Waals surface area contributed by atoms with E-state index in [-0.39, 0.29) is 17.8 Å². The molecule has 2 N–H and O–H groups in total. The summed E-state index contributed by atoms with van der Waals surface area (Å²) in [6, 6.07) is 6.30. The Labute approximate surface area is 144 Å². The Morgan fingerprint density at radius 1 is 1.50 bits per heavy atom. The minimum Gasteiger partial charge on any atom is -0.376 e. The maximum Gasteiger partial charge on any atom is 0.273 e. The highest BCUT2D eigenvalue weighted by Crippen LogP contribution is 2.19. The number of ether oxygens (including phenoxy) is 1. The van der Waals surface area contributed by atoms with E-state index in [0.29, 0.717) is 25.3 Å². The number of halogens is 1. The number of amides is 1. The van der Waals surface area contributed by atoms with Crippen LogP contribution < -0.4 is 5.73 Å². The number of carbonyl (C=O) groups is 1. The number of carbonyl (C=O) groups excluding carboxylic acids is 1. The van der Waals surface area contributed by atoms with Gasteiger partial charge in [0.05, 0.1) is 6.10 Å². The number of aromatic nitrogens is 1. The van der Waals surface area contributed by atoms with E-state index in [1.54, 1.807) is 16.3 Å². The van der Waals surface area contributed by atoms with Crippen LogP contribution in [0.1, 0.15) is 33.9 Å². The van der Waals surface area contributed by atoms with E-state index >= 15 is 0 Å². The number of benzene rings is 1. The Morgan fingerprint density at radius 2 is 2.38 bits per heavy atom. The van der Waals surface area contributed by atoms with Gasteiger partial charge >= 0.3 is 0 Å². The van der Waals surface area contributed by atoms with Crippen LogP contribution in [-0.4, -0.2) is 35.0 Å². The van der Waals surface area contributed by atoms with Crippen molar-refractivity contribution in [2.75, 3.05) is 13.2 Å². The molecule has 1 aromatic carbocycles. The molecule has 2 heterocycles. The smallest absolute Gasteiger partial charge is 0.273 e. The molecule has 24 heavy (non-hydrogen) atoms. The van der Waals surface area contributed by atoms with Crippen LogP contribution in [0.25, 0.3) is 0 Å². The van der Waals surface area contributed by atoms with E-state index in [9.17, 15) is 9.18 Å². The molecule has 128 valence electrons. The van der Waals surface area contributed by atoms with Gasteiger partial charge in [-0.25, -0.2) is 9.37 Å². The lowest BCUT2D eigenvalue weighted by atomic mass is 10.1. The van der Waals surface area contributed by atoms with E-state index in [4.69, 9.17) is 10.5 Å². The summed E-state index contributed by atoms with van der Waals surface area (Å²) >= 11 is 1.37. The molecule has 3 rings (SSSR count). The first kappa shape index (κ1) is 17.0. The molecule has 1 amide bonds. The van der Waals surface area contributed by atoms with Gasteiger partial charge in [-0.2, -0.15) is 0 Å². The van der Waals surface area contributed by atoms with Crippen LogP contribution in [0.15, 0.2) is 29.6 Å². The standard InChI is InChI=1S/C17H20FN3O2S/c18-13-4-1-3-12(7-13)9-21(10-14-5-2-6-23-14)17(22)15-11-24-16(8-19)20-15/h1,3-4,7,11,14H,2,5-6,8-10,19H2. The predicted octanol–water partition coefficient (Wildman–Crippen LogP) is 2.56. The van der Waals surface area contributed by atoms with E-state index in [0.717, 1.165) is 30.0 Å². The van der Waals surface area contributed by atoms with Gasteiger partial charge in [-0.1, -0.05) is 12.1 Å². The number of hydrogen-bond donors (Lipinski definition) is 1. The minimum atomic E-state index is -0.309. The first-order chi connectivity index (χ1) is 11.7. The Bertz CT molecular complexity index is 701. The van der Waals surface area contributed by atoms with Crippen molar-refractivity contribution in [2.45, 2.75) is 32.0 Å². The predicted molar refractivity (Wildman–Crippen MR) is 90.1 cm³/mol. The molecule has 1 atom stereocenters. The van der Waals surface area contributed by atoms with Gasteiger partial charge in [-0.05, 0) is 30.5 Å². The van der Waals surface area contributed by atoms with Crippen molar-refractivity contribution < 1.29 is 13.9 Å². The average Bonchev–Trinajstić information content (AvgIpc) is 3.25. The third-order valence-electron chi connectivity index (χ3n) is 3.94. The fourth-order valence-corrected chi connectivity index (χ4v) is 3.42. The van der Waals surface area contributed by atoms with E-state index < -0.39 is 0 Å². The second-order valence-corrected chi connectivity index (χ2v) is 6.72. The minimum absolute atomic E-state index is 0.0233. The van der Waals surface area contributed by atoms with Crippen LogP contribution in [0, 0.1) is 5.82 Å². The second kappa shape index (κ2) is 7.83. The Morgan fingerprint density at radius 3 is 3.04 bits per heavy atom. The summed E-state index contributed by atoms with van der Waals surface area (Å²) < 4.78 is 19.1. The van der Waals surface area contributed by atoms with Crippen molar-refractivity contribution in [1.29, 1.82) is 0 Å². The highest BCUT2D eigenvalue weighted by Gasteiger charge is 2.25. The zero-order valence-corrected chi connectivity index (χ0v) is 14.1. The van der Waals surface area contributed by atoms with Crippen LogP contribution in [-0.2, 0) is 17.8 Å². The van der Waals surface area contributed by atoms with Crippen LogP contribution in [0.2, 0.25) is 0 Å². The molecule has 1 saturated heterocycles. The van der Waals surface area contributed by atoms with Crippen molar-refractivity contribution in [1.82, 2.24) is 9.88 Å². The number of nitrogens with zero attached hydrogens (tertiary/aromatic N) is 2. The Kier molecular flexibility index (Phi) is 5.55. The number of hydrogen-bond acceptors (Lipinski definition) is 5. The maximum atomic E-state index is 13.4. The molecule has 1 aliphatic rings. The maximum absolute atomic E-state index is 13.4. The summed E-state index contributed by atoms with van der Waals surface area (Å²) in [5, 5.41) is 2.44. The number of thiazole rings is 1. The van der Waals surface area contributed by atoms with Gasteiger partial charge in [0.2, 0.25) is 0 Å². The Hall–Kier alpha value is -1.83. The lowest BCUT2D eigenvalue weighted by molar-refractivity contribution is 0.0503. The van der Waals surface area contributed by atoms with Crippen molar-refractivity contribution in [2.24, 2.45) is 5.73 Å². The molecule has 0 saturated carbocycles. The lowest BCUT2D eigenvalue weighted by Gasteiger charge is -2.25. The van der Waals surface area contributed by atoms with Gasteiger partial charge < -0.3 is 15.4 Å². The highest BCUT2D eigenvalue weighted by atomic mass is 32.1. The quantitative estimate of drug-likeness (QED) is 0.870. The zero-order chi connectivity index (χ0) is 16.9. The molecule has 0 bridgehead atoms. The van der Waals surface area contributed by atoms with E-state index in [1.165, 1.54) is 23.5 Å². The zero-order valence-electron chi connectivity index (χ0n) is 13.3. The SMILES string of the molecule is NCc1nc(C(=O)N(Cc2cccc(F)c2)CC2CCCO2)cs1. The van der Waals surface area contributed by atoms with Crippen molar-refractivity contribution in [3.63, 3.8) is 0 Å². The fourth-order valence-electron chi connectivity index (χ4n) is 2.77. The number of nitrogens with two attached hydrogens (primary N) is 1. The molecule has 1 fully saturated rings. The molecule has 5 nitrogen and oxygen atoms in total. The van der Waals surface area contributed by atoms with Gasteiger partial charge in [0.25, 0.3) is 5.91 Å². The van der Waals surface area contributed by atoms with Gasteiger partial charge in [0, 0.05) is 31.6 Å². The third kappa shape index (κ3) is 4.17. The van der Waals surface area contributed by atoms with Crippen LogP contribution in [0.5, 0.6) is 0 Å². The fraction of sp³-hybridized carbons (Fsp3) is 0.412.